The van der Waals surface area contributed by atoms with Crippen LogP contribution in [0.15, 0.2) is 48.5 Å². The zero-order chi connectivity index (χ0) is 16.1. The third kappa shape index (κ3) is 3.10. The molecule has 2 aromatic carbocycles. The first-order valence-electron chi connectivity index (χ1n) is 6.52. The van der Waals surface area contributed by atoms with Crippen LogP contribution in [0.3, 0.4) is 0 Å². The summed E-state index contributed by atoms with van der Waals surface area (Å²) in [5, 5.41) is 0. The van der Waals surface area contributed by atoms with Crippen molar-refractivity contribution in [2.45, 2.75) is 11.1 Å². The third-order valence-electron chi connectivity index (χ3n) is 3.89. The summed E-state index contributed by atoms with van der Waals surface area (Å²) in [5.41, 5.74) is 3.38. The molecule has 0 radical (unpaired) electrons. The largest absolute Gasteiger partial charge is 0.352 e. The average molecular weight is 447 g/mol. The molecule has 22 heavy (non-hydrogen) atoms. The highest BCUT2D eigenvalue weighted by molar-refractivity contribution is 7.66. The van der Waals surface area contributed by atoms with Gasteiger partial charge in [-0.15, -0.1) is 66.5 Å². The minimum Gasteiger partial charge on any atom is -0.125 e. The molecule has 2 aromatic rings. The van der Waals surface area contributed by atoms with Crippen molar-refractivity contribution in [2.75, 3.05) is 0 Å². The molecule has 0 nitrogen and oxygen atoms in total. The molecule has 0 saturated heterocycles. The fraction of sp³-hybridized carbons (Fsp3) is 0.143. The predicted octanol–water partition coefficient (Wildman–Crippen LogP) is 6.65. The zero-order valence-corrected chi connectivity index (χ0v) is 17.6. The fourth-order valence-corrected chi connectivity index (χ4v) is 9.81. The molecular weight excluding hydrogens is 437 g/mol. The summed E-state index contributed by atoms with van der Waals surface area (Å²) in [6.07, 6.45) is 0. The standard InChI is InChI=1S/C14H10Cl6Si2/c15-21(16,17)13-9-5-1-2-6-10(9)14(22(18,19)20)12-8-4-3-7-11(12)13/h1-8,13-14H. The lowest BCUT2D eigenvalue weighted by molar-refractivity contribution is 0.938. The van der Waals surface area contributed by atoms with Gasteiger partial charge in [-0.25, -0.2) is 0 Å². The van der Waals surface area contributed by atoms with Gasteiger partial charge in [-0.05, 0) is 22.3 Å². The van der Waals surface area contributed by atoms with E-state index >= 15 is 0 Å². The van der Waals surface area contributed by atoms with Gasteiger partial charge in [0.05, 0.1) is 0 Å². The second-order valence-corrected chi connectivity index (χ2v) is 22.7. The van der Waals surface area contributed by atoms with Crippen LogP contribution >= 0.6 is 66.5 Å². The SMILES string of the molecule is Cl[Si](Cl)(Cl)C1c2ccccc2C([Si](Cl)(Cl)Cl)c2ccccc21. The van der Waals surface area contributed by atoms with Crippen LogP contribution in [0.5, 0.6) is 0 Å². The van der Waals surface area contributed by atoms with Gasteiger partial charge in [0.25, 0.3) is 0 Å². The lowest BCUT2D eigenvalue weighted by Crippen LogP contribution is -2.36. The molecular formula is C14H10Cl6Si2. The van der Waals surface area contributed by atoms with Gasteiger partial charge in [0, 0.05) is 11.1 Å². The number of rotatable bonds is 2. The molecule has 0 atom stereocenters. The quantitative estimate of drug-likeness (QED) is 0.357. The molecule has 0 spiro atoms. The van der Waals surface area contributed by atoms with E-state index in [1.165, 1.54) is 0 Å². The van der Waals surface area contributed by atoms with Gasteiger partial charge in [0.15, 0.2) is 0 Å². The van der Waals surface area contributed by atoms with Crippen molar-refractivity contribution in [1.82, 2.24) is 0 Å². The molecule has 1 aliphatic rings. The Bertz CT molecular complexity index is 599. The van der Waals surface area contributed by atoms with Crippen molar-refractivity contribution in [3.05, 3.63) is 70.8 Å². The molecule has 0 bridgehead atoms. The van der Waals surface area contributed by atoms with Gasteiger partial charge in [0.1, 0.15) is 0 Å². The van der Waals surface area contributed by atoms with Crippen molar-refractivity contribution in [2.24, 2.45) is 0 Å². The molecule has 8 heteroatoms. The Morgan fingerprint density at radius 3 is 0.909 bits per heavy atom. The van der Waals surface area contributed by atoms with E-state index in [4.69, 9.17) is 66.5 Å². The van der Waals surface area contributed by atoms with E-state index in [0.717, 1.165) is 22.3 Å². The topological polar surface area (TPSA) is 0 Å². The lowest BCUT2D eigenvalue weighted by atomic mass is 9.85. The van der Waals surface area contributed by atoms with E-state index in [1.54, 1.807) is 0 Å². The monoisotopic (exact) mass is 444 g/mol. The maximum absolute atomic E-state index is 6.41. The van der Waals surface area contributed by atoms with Crippen LogP contribution in [-0.4, -0.2) is 12.0 Å². The average Bonchev–Trinajstić information content (AvgIpc) is 2.41. The lowest BCUT2D eigenvalue weighted by Gasteiger charge is -2.38. The van der Waals surface area contributed by atoms with E-state index in [-0.39, 0.29) is 11.1 Å². The van der Waals surface area contributed by atoms with Crippen molar-refractivity contribution in [1.29, 1.82) is 0 Å². The van der Waals surface area contributed by atoms with Gasteiger partial charge in [0.2, 0.25) is 0 Å². The molecule has 0 unspecified atom stereocenters. The second kappa shape index (κ2) is 6.16. The highest BCUT2D eigenvalue weighted by Gasteiger charge is 2.50. The molecule has 0 amide bonds. The summed E-state index contributed by atoms with van der Waals surface area (Å²) in [6, 6.07) is 9.54. The molecule has 0 aromatic heterocycles. The van der Waals surface area contributed by atoms with E-state index in [1.807, 2.05) is 48.5 Å². The first-order chi connectivity index (χ1) is 10.2. The Balaban J connectivity index is 2.34. The Morgan fingerprint density at radius 1 is 0.500 bits per heavy atom. The van der Waals surface area contributed by atoms with Crippen molar-refractivity contribution < 1.29 is 0 Å². The number of fused-ring (bicyclic) bond motifs is 2. The normalized spacial score (nSPS) is 21.2. The van der Waals surface area contributed by atoms with Gasteiger partial charge in [-0.3, -0.25) is 0 Å². The highest BCUT2D eigenvalue weighted by atomic mass is 35.8. The van der Waals surface area contributed by atoms with Crippen LogP contribution in [0.25, 0.3) is 0 Å². The Morgan fingerprint density at radius 2 is 0.727 bits per heavy atom. The summed E-state index contributed by atoms with van der Waals surface area (Å²) in [5.74, 6) is 0. The van der Waals surface area contributed by atoms with Crippen LogP contribution < -0.4 is 0 Å². The first kappa shape index (κ1) is 17.4. The predicted molar refractivity (Wildman–Crippen MR) is 103 cm³/mol. The van der Waals surface area contributed by atoms with Crippen LogP contribution in [0, 0.1) is 0 Å². The van der Waals surface area contributed by atoms with Crippen LogP contribution in [-0.2, 0) is 0 Å². The zero-order valence-electron chi connectivity index (χ0n) is 11.0. The molecule has 3 rings (SSSR count). The number of hydrogen-bond acceptors (Lipinski definition) is 0. The summed E-state index contributed by atoms with van der Waals surface area (Å²) in [4.78, 5) is 0. The highest BCUT2D eigenvalue weighted by Crippen LogP contribution is 2.54. The Hall–Kier alpha value is 0.614. The molecule has 0 aliphatic heterocycles. The minimum atomic E-state index is -3.04. The van der Waals surface area contributed by atoms with Crippen molar-refractivity contribution >= 4 is 78.5 Å². The smallest absolute Gasteiger partial charge is 0.125 e. The second-order valence-electron chi connectivity index (χ2n) is 5.21. The van der Waals surface area contributed by atoms with Crippen molar-refractivity contribution in [3.63, 3.8) is 0 Å². The van der Waals surface area contributed by atoms with Crippen LogP contribution in [0.4, 0.5) is 0 Å². The maximum Gasteiger partial charge on any atom is 0.352 e. The minimum absolute atomic E-state index is 0.248. The van der Waals surface area contributed by atoms with E-state index < -0.39 is 12.0 Å². The number of benzene rings is 2. The van der Waals surface area contributed by atoms with E-state index in [9.17, 15) is 0 Å². The van der Waals surface area contributed by atoms with Gasteiger partial charge >= 0.3 is 12.0 Å². The van der Waals surface area contributed by atoms with Crippen molar-refractivity contribution in [3.8, 4) is 0 Å². The fourth-order valence-electron chi connectivity index (χ4n) is 3.11. The van der Waals surface area contributed by atoms with Gasteiger partial charge in [-0.2, -0.15) is 0 Å². The molecule has 0 fully saturated rings. The summed E-state index contributed by atoms with van der Waals surface area (Å²) < 4.78 is 0. The molecule has 1 aliphatic carbocycles. The molecule has 0 saturated carbocycles. The van der Waals surface area contributed by atoms with E-state index in [2.05, 4.69) is 0 Å². The summed E-state index contributed by atoms with van der Waals surface area (Å²) in [6.45, 7) is 0. The summed E-state index contributed by atoms with van der Waals surface area (Å²) >= 11 is 38.5. The molecule has 0 heterocycles. The molecule has 116 valence electrons. The Kier molecular flexibility index (Phi) is 4.88. The summed E-state index contributed by atoms with van der Waals surface area (Å²) in [7, 11) is 0. The van der Waals surface area contributed by atoms with Crippen LogP contribution in [0.1, 0.15) is 33.3 Å². The van der Waals surface area contributed by atoms with Crippen LogP contribution in [0.2, 0.25) is 0 Å². The molecule has 0 N–H and O–H groups in total. The number of hydrogen-bond donors (Lipinski definition) is 0. The van der Waals surface area contributed by atoms with Gasteiger partial charge in [-0.1, -0.05) is 48.5 Å². The third-order valence-corrected chi connectivity index (χ3v) is 10.4. The first-order valence-corrected chi connectivity index (χ1v) is 16.7. The maximum atomic E-state index is 6.41. The van der Waals surface area contributed by atoms with Gasteiger partial charge < -0.3 is 0 Å². The Labute approximate surface area is 159 Å². The van der Waals surface area contributed by atoms with E-state index in [0.29, 0.717) is 0 Å². The number of halogens is 6.